The average molecular weight is 304 g/mol. The van der Waals surface area contributed by atoms with Gasteiger partial charge in [-0.1, -0.05) is 34.1 Å². The van der Waals surface area contributed by atoms with E-state index in [4.69, 9.17) is 5.73 Å². The number of benzene rings is 1. The van der Waals surface area contributed by atoms with Crippen LogP contribution in [0.25, 0.3) is 0 Å². The number of hydrogen-bond acceptors (Lipinski definition) is 3. The first-order chi connectivity index (χ1) is 7.49. The fraction of sp³-hybridized carbons (Fsp3) is 0.455. The molecule has 0 radical (unpaired) electrons. The number of hydrogen-bond donors (Lipinski definition) is 1. The molecular formula is C11H14BrNO2S. The van der Waals surface area contributed by atoms with Crippen molar-refractivity contribution >= 4 is 25.8 Å². The van der Waals surface area contributed by atoms with E-state index in [9.17, 15) is 8.42 Å². The summed E-state index contributed by atoms with van der Waals surface area (Å²) in [6.07, 6.45) is 0.671. The first-order valence-electron chi connectivity index (χ1n) is 5.20. The predicted molar refractivity (Wildman–Crippen MR) is 67.8 cm³/mol. The molecule has 16 heavy (non-hydrogen) atoms. The quantitative estimate of drug-likeness (QED) is 0.907. The minimum absolute atomic E-state index is 0.0451. The first-order valence-corrected chi connectivity index (χ1v) is 7.81. The fourth-order valence-corrected chi connectivity index (χ4v) is 4.51. The molecule has 88 valence electrons. The fourth-order valence-electron chi connectivity index (χ4n) is 2.11. The van der Waals surface area contributed by atoms with Gasteiger partial charge in [-0.25, -0.2) is 8.42 Å². The maximum absolute atomic E-state index is 11.4. The molecule has 1 heterocycles. The van der Waals surface area contributed by atoms with E-state index >= 15 is 0 Å². The highest BCUT2D eigenvalue weighted by molar-refractivity contribution is 9.10. The van der Waals surface area contributed by atoms with Crippen LogP contribution >= 0.6 is 15.9 Å². The summed E-state index contributed by atoms with van der Waals surface area (Å²) in [5, 5.41) is 0. The van der Waals surface area contributed by atoms with Crippen LogP contribution in [0.1, 0.15) is 18.0 Å². The topological polar surface area (TPSA) is 60.2 Å². The van der Waals surface area contributed by atoms with Crippen LogP contribution in [0, 0.1) is 5.92 Å². The molecule has 0 bridgehead atoms. The summed E-state index contributed by atoms with van der Waals surface area (Å²) < 4.78 is 23.7. The van der Waals surface area contributed by atoms with Crippen LogP contribution in [-0.4, -0.2) is 19.9 Å². The van der Waals surface area contributed by atoms with Gasteiger partial charge in [0.15, 0.2) is 9.84 Å². The maximum atomic E-state index is 11.4. The lowest BCUT2D eigenvalue weighted by Gasteiger charge is -2.19. The summed E-state index contributed by atoms with van der Waals surface area (Å²) in [6.45, 7) is 0. The molecule has 2 rings (SSSR count). The van der Waals surface area contributed by atoms with Crippen LogP contribution < -0.4 is 5.73 Å². The van der Waals surface area contributed by atoms with Crippen LogP contribution in [0.5, 0.6) is 0 Å². The minimum atomic E-state index is -2.86. The van der Waals surface area contributed by atoms with E-state index < -0.39 is 9.84 Å². The van der Waals surface area contributed by atoms with Crippen LogP contribution in [0.4, 0.5) is 0 Å². The maximum Gasteiger partial charge on any atom is 0.150 e. The summed E-state index contributed by atoms with van der Waals surface area (Å²) in [5.74, 6) is 0.536. The smallest absolute Gasteiger partial charge is 0.150 e. The molecular weight excluding hydrogens is 290 g/mol. The van der Waals surface area contributed by atoms with Gasteiger partial charge < -0.3 is 5.73 Å². The Morgan fingerprint density at radius 3 is 2.62 bits per heavy atom. The number of sulfone groups is 1. The molecule has 0 aliphatic carbocycles. The van der Waals surface area contributed by atoms with Gasteiger partial charge in [-0.3, -0.25) is 0 Å². The zero-order chi connectivity index (χ0) is 11.8. The van der Waals surface area contributed by atoms with E-state index in [2.05, 4.69) is 15.9 Å². The van der Waals surface area contributed by atoms with Crippen LogP contribution in [0.2, 0.25) is 0 Å². The lowest BCUT2D eigenvalue weighted by atomic mass is 9.93. The van der Waals surface area contributed by atoms with Crippen LogP contribution in [0.3, 0.4) is 0 Å². The lowest BCUT2D eigenvalue weighted by Crippen LogP contribution is -2.22. The molecule has 0 spiro atoms. The number of halogens is 1. The lowest BCUT2D eigenvalue weighted by molar-refractivity contribution is 0.478. The first kappa shape index (κ1) is 12.1. The molecule has 1 aromatic carbocycles. The largest absolute Gasteiger partial charge is 0.324 e. The average Bonchev–Trinajstić information content (AvgIpc) is 2.59. The van der Waals surface area contributed by atoms with E-state index in [1.54, 1.807) is 0 Å². The molecule has 1 aliphatic heterocycles. The van der Waals surface area contributed by atoms with Crippen molar-refractivity contribution in [1.82, 2.24) is 0 Å². The third-order valence-electron chi connectivity index (χ3n) is 3.04. The van der Waals surface area contributed by atoms with Crippen molar-refractivity contribution in [2.45, 2.75) is 12.5 Å². The van der Waals surface area contributed by atoms with Crippen molar-refractivity contribution in [3.8, 4) is 0 Å². The summed E-state index contributed by atoms with van der Waals surface area (Å²) in [5.41, 5.74) is 7.12. The van der Waals surface area contributed by atoms with E-state index in [1.165, 1.54) is 0 Å². The molecule has 1 saturated heterocycles. The normalized spacial score (nSPS) is 25.5. The third kappa shape index (κ3) is 2.47. The second kappa shape index (κ2) is 4.47. The molecule has 1 aliphatic rings. The van der Waals surface area contributed by atoms with Crippen LogP contribution in [-0.2, 0) is 9.84 Å². The summed E-state index contributed by atoms with van der Waals surface area (Å²) in [6, 6.07) is 7.51. The van der Waals surface area contributed by atoms with Gasteiger partial charge in [0.25, 0.3) is 0 Å². The molecule has 1 fully saturated rings. The Morgan fingerprint density at radius 1 is 1.38 bits per heavy atom. The number of rotatable bonds is 2. The van der Waals surface area contributed by atoms with Gasteiger partial charge in [0.2, 0.25) is 0 Å². The Bertz CT molecular complexity index is 487. The highest BCUT2D eigenvalue weighted by atomic mass is 79.9. The van der Waals surface area contributed by atoms with Crippen molar-refractivity contribution in [2.75, 3.05) is 11.5 Å². The second-order valence-electron chi connectivity index (χ2n) is 4.21. The Hall–Kier alpha value is -0.390. The van der Waals surface area contributed by atoms with Crippen molar-refractivity contribution in [3.63, 3.8) is 0 Å². The van der Waals surface area contributed by atoms with Gasteiger partial charge in [0.1, 0.15) is 0 Å². The second-order valence-corrected chi connectivity index (χ2v) is 7.29. The Labute approximate surface area is 104 Å². The minimum Gasteiger partial charge on any atom is -0.324 e. The highest BCUT2D eigenvalue weighted by Crippen LogP contribution is 2.32. The van der Waals surface area contributed by atoms with Crippen molar-refractivity contribution in [1.29, 1.82) is 0 Å². The Balaban J connectivity index is 2.21. The van der Waals surface area contributed by atoms with Crippen molar-refractivity contribution in [2.24, 2.45) is 11.7 Å². The van der Waals surface area contributed by atoms with E-state index in [-0.39, 0.29) is 23.5 Å². The predicted octanol–water partition coefficient (Wildman–Crippen LogP) is 1.88. The van der Waals surface area contributed by atoms with Gasteiger partial charge in [0.05, 0.1) is 11.5 Å². The summed E-state index contributed by atoms with van der Waals surface area (Å²) in [4.78, 5) is 0. The van der Waals surface area contributed by atoms with Crippen LogP contribution in [0.15, 0.2) is 28.7 Å². The van der Waals surface area contributed by atoms with E-state index in [0.29, 0.717) is 6.42 Å². The molecule has 1 aromatic rings. The monoisotopic (exact) mass is 303 g/mol. The standard InChI is InChI=1S/C11H14BrNO2S/c12-10-4-2-1-3-9(10)11(13)8-5-6-16(14,15)7-8/h1-4,8,11H,5-7,13H2. The zero-order valence-corrected chi connectivity index (χ0v) is 11.2. The Kier molecular flexibility index (Phi) is 3.37. The van der Waals surface area contributed by atoms with E-state index in [1.807, 2.05) is 24.3 Å². The molecule has 2 N–H and O–H groups in total. The van der Waals surface area contributed by atoms with Gasteiger partial charge in [-0.05, 0) is 24.0 Å². The molecule has 0 saturated carbocycles. The zero-order valence-electron chi connectivity index (χ0n) is 8.77. The van der Waals surface area contributed by atoms with Gasteiger partial charge in [-0.15, -0.1) is 0 Å². The molecule has 2 unspecified atom stereocenters. The van der Waals surface area contributed by atoms with Gasteiger partial charge in [-0.2, -0.15) is 0 Å². The van der Waals surface area contributed by atoms with E-state index in [0.717, 1.165) is 10.0 Å². The third-order valence-corrected chi connectivity index (χ3v) is 5.56. The number of nitrogens with two attached hydrogens (primary N) is 1. The van der Waals surface area contributed by atoms with Crippen molar-refractivity contribution in [3.05, 3.63) is 34.3 Å². The molecule has 5 heteroatoms. The SMILES string of the molecule is NC(c1ccccc1Br)C1CCS(=O)(=O)C1. The highest BCUT2D eigenvalue weighted by Gasteiger charge is 2.33. The molecule has 0 amide bonds. The van der Waals surface area contributed by atoms with Gasteiger partial charge >= 0.3 is 0 Å². The Morgan fingerprint density at radius 2 is 2.06 bits per heavy atom. The van der Waals surface area contributed by atoms with Crippen molar-refractivity contribution < 1.29 is 8.42 Å². The van der Waals surface area contributed by atoms with Gasteiger partial charge in [0, 0.05) is 10.5 Å². The summed E-state index contributed by atoms with van der Waals surface area (Å²) >= 11 is 3.44. The summed E-state index contributed by atoms with van der Waals surface area (Å²) in [7, 11) is -2.86. The molecule has 0 aromatic heterocycles. The molecule has 3 nitrogen and oxygen atoms in total. The molecule has 2 atom stereocenters.